The summed E-state index contributed by atoms with van der Waals surface area (Å²) in [7, 11) is 0. The highest BCUT2D eigenvalue weighted by molar-refractivity contribution is 7.09. The molecule has 0 aliphatic heterocycles. The van der Waals surface area contributed by atoms with Crippen LogP contribution in [-0.4, -0.2) is 12.6 Å². The van der Waals surface area contributed by atoms with Gasteiger partial charge in [0, 0.05) is 17.6 Å². The van der Waals surface area contributed by atoms with Gasteiger partial charge in [-0.05, 0) is 18.4 Å². The standard InChI is InChI=1S/C11H12N2O2S/c1-2-15-11(14)9(6-12)7-13-8-10-4-3-5-16-10/h3-5,7,13H,2,8H2,1H3. The van der Waals surface area contributed by atoms with Crippen LogP contribution < -0.4 is 5.32 Å². The Kier molecular flexibility index (Phi) is 5.09. The molecule has 5 heteroatoms. The number of esters is 1. The molecule has 0 aliphatic rings. The summed E-state index contributed by atoms with van der Waals surface area (Å²) in [6.45, 7) is 2.57. The number of carbonyl (C=O) groups excluding carboxylic acids is 1. The van der Waals surface area contributed by atoms with Crippen molar-refractivity contribution < 1.29 is 9.53 Å². The minimum atomic E-state index is -0.594. The first-order chi connectivity index (χ1) is 7.77. The smallest absolute Gasteiger partial charge is 0.350 e. The molecule has 0 aliphatic carbocycles. The monoisotopic (exact) mass is 236 g/mol. The van der Waals surface area contributed by atoms with Crippen molar-refractivity contribution in [1.82, 2.24) is 5.32 Å². The molecule has 4 nitrogen and oxygen atoms in total. The molecular weight excluding hydrogens is 224 g/mol. The molecule has 0 atom stereocenters. The van der Waals surface area contributed by atoms with Crippen LogP contribution in [0.4, 0.5) is 0 Å². The molecule has 1 heterocycles. The van der Waals surface area contributed by atoms with Crippen LogP contribution >= 0.6 is 11.3 Å². The molecular formula is C11H12N2O2S. The van der Waals surface area contributed by atoms with Gasteiger partial charge < -0.3 is 10.1 Å². The van der Waals surface area contributed by atoms with Crippen molar-refractivity contribution in [2.24, 2.45) is 0 Å². The lowest BCUT2D eigenvalue weighted by molar-refractivity contribution is -0.138. The number of hydrogen-bond acceptors (Lipinski definition) is 5. The Hall–Kier alpha value is -1.80. The van der Waals surface area contributed by atoms with Gasteiger partial charge in [-0.3, -0.25) is 0 Å². The SMILES string of the molecule is CCOC(=O)C(C#N)=CNCc1cccs1. The lowest BCUT2D eigenvalue weighted by Gasteiger charge is -2.01. The summed E-state index contributed by atoms with van der Waals surface area (Å²) in [6.07, 6.45) is 1.39. The molecule has 0 amide bonds. The first-order valence-corrected chi connectivity index (χ1v) is 5.69. The lowest BCUT2D eigenvalue weighted by Crippen LogP contribution is -2.11. The van der Waals surface area contributed by atoms with Gasteiger partial charge in [-0.15, -0.1) is 11.3 Å². The van der Waals surface area contributed by atoms with Crippen molar-refractivity contribution in [2.45, 2.75) is 13.5 Å². The maximum Gasteiger partial charge on any atom is 0.350 e. The van der Waals surface area contributed by atoms with Crippen molar-refractivity contribution in [2.75, 3.05) is 6.61 Å². The van der Waals surface area contributed by atoms with Crippen molar-refractivity contribution in [1.29, 1.82) is 5.26 Å². The highest BCUT2D eigenvalue weighted by Gasteiger charge is 2.08. The predicted molar refractivity (Wildman–Crippen MR) is 61.5 cm³/mol. The molecule has 0 aromatic carbocycles. The van der Waals surface area contributed by atoms with Crippen LogP contribution in [0.25, 0.3) is 0 Å². The zero-order valence-corrected chi connectivity index (χ0v) is 9.71. The molecule has 0 fully saturated rings. The molecule has 0 saturated heterocycles. The molecule has 1 N–H and O–H groups in total. The van der Waals surface area contributed by atoms with E-state index in [2.05, 4.69) is 5.32 Å². The Balaban J connectivity index is 2.48. The largest absolute Gasteiger partial charge is 0.462 e. The topological polar surface area (TPSA) is 62.1 Å². The highest BCUT2D eigenvalue weighted by atomic mass is 32.1. The zero-order chi connectivity index (χ0) is 11.8. The molecule has 1 aromatic rings. The van der Waals surface area contributed by atoms with Gasteiger partial charge in [-0.2, -0.15) is 5.26 Å². The van der Waals surface area contributed by atoms with Crippen LogP contribution in [0.1, 0.15) is 11.8 Å². The van der Waals surface area contributed by atoms with E-state index in [0.717, 1.165) is 4.88 Å². The summed E-state index contributed by atoms with van der Waals surface area (Å²) in [6, 6.07) is 5.71. The van der Waals surface area contributed by atoms with Crippen LogP contribution in [0.5, 0.6) is 0 Å². The fraction of sp³-hybridized carbons (Fsp3) is 0.273. The van der Waals surface area contributed by atoms with E-state index in [1.165, 1.54) is 6.20 Å². The fourth-order valence-electron chi connectivity index (χ4n) is 1.01. The predicted octanol–water partition coefficient (Wildman–Crippen LogP) is 1.81. The molecule has 1 rings (SSSR count). The molecule has 0 radical (unpaired) electrons. The van der Waals surface area contributed by atoms with Gasteiger partial charge in [0.25, 0.3) is 0 Å². The molecule has 16 heavy (non-hydrogen) atoms. The third kappa shape index (κ3) is 3.75. The molecule has 0 bridgehead atoms. The fourth-order valence-corrected chi connectivity index (χ4v) is 1.67. The van der Waals surface area contributed by atoms with E-state index in [4.69, 9.17) is 10.00 Å². The number of rotatable bonds is 5. The summed E-state index contributed by atoms with van der Waals surface area (Å²) < 4.78 is 4.72. The third-order valence-electron chi connectivity index (χ3n) is 1.72. The first-order valence-electron chi connectivity index (χ1n) is 4.81. The molecule has 1 aromatic heterocycles. The Labute approximate surface area is 98.2 Å². The van der Waals surface area contributed by atoms with Gasteiger partial charge in [0.15, 0.2) is 5.57 Å². The number of nitrogens with zero attached hydrogens (tertiary/aromatic N) is 1. The number of hydrogen-bond donors (Lipinski definition) is 1. The molecule has 84 valence electrons. The van der Waals surface area contributed by atoms with Gasteiger partial charge in [0.05, 0.1) is 6.61 Å². The summed E-state index contributed by atoms with van der Waals surface area (Å²) in [4.78, 5) is 12.4. The second-order valence-electron chi connectivity index (χ2n) is 2.85. The number of carbonyl (C=O) groups is 1. The van der Waals surface area contributed by atoms with Gasteiger partial charge in [0.1, 0.15) is 6.07 Å². The van der Waals surface area contributed by atoms with E-state index in [1.54, 1.807) is 24.3 Å². The third-order valence-corrected chi connectivity index (χ3v) is 2.59. The average molecular weight is 236 g/mol. The van der Waals surface area contributed by atoms with Crippen LogP contribution in [-0.2, 0) is 16.1 Å². The van der Waals surface area contributed by atoms with E-state index in [1.807, 2.05) is 17.5 Å². The van der Waals surface area contributed by atoms with E-state index in [9.17, 15) is 4.79 Å². The van der Waals surface area contributed by atoms with Gasteiger partial charge in [-0.25, -0.2) is 4.79 Å². The van der Waals surface area contributed by atoms with Crippen molar-refractivity contribution in [3.63, 3.8) is 0 Å². The lowest BCUT2D eigenvalue weighted by atomic mass is 10.3. The number of ether oxygens (including phenoxy) is 1. The average Bonchev–Trinajstić information content (AvgIpc) is 2.77. The van der Waals surface area contributed by atoms with Gasteiger partial charge >= 0.3 is 5.97 Å². The Morgan fingerprint density at radius 3 is 3.12 bits per heavy atom. The van der Waals surface area contributed by atoms with E-state index < -0.39 is 5.97 Å². The highest BCUT2D eigenvalue weighted by Crippen LogP contribution is 2.07. The summed E-state index contributed by atoms with van der Waals surface area (Å²) in [5, 5.41) is 13.6. The maximum atomic E-state index is 11.2. The van der Waals surface area contributed by atoms with E-state index in [0.29, 0.717) is 6.54 Å². The van der Waals surface area contributed by atoms with E-state index >= 15 is 0 Å². The number of nitriles is 1. The van der Waals surface area contributed by atoms with Crippen molar-refractivity contribution in [3.05, 3.63) is 34.2 Å². The minimum Gasteiger partial charge on any atom is -0.462 e. The summed E-state index contributed by atoms with van der Waals surface area (Å²) in [5.74, 6) is -0.594. The normalized spacial score (nSPS) is 10.6. The quantitative estimate of drug-likeness (QED) is 0.481. The van der Waals surface area contributed by atoms with Crippen LogP contribution in [0.15, 0.2) is 29.3 Å². The van der Waals surface area contributed by atoms with Crippen LogP contribution in [0.2, 0.25) is 0 Å². The Morgan fingerprint density at radius 2 is 2.56 bits per heavy atom. The van der Waals surface area contributed by atoms with Crippen molar-refractivity contribution >= 4 is 17.3 Å². The molecule has 0 spiro atoms. The first kappa shape index (κ1) is 12.3. The zero-order valence-electron chi connectivity index (χ0n) is 8.90. The summed E-state index contributed by atoms with van der Waals surface area (Å²) in [5.41, 5.74) is -0.0154. The van der Waals surface area contributed by atoms with Crippen LogP contribution in [0.3, 0.4) is 0 Å². The number of thiophene rings is 1. The molecule has 0 unspecified atom stereocenters. The van der Waals surface area contributed by atoms with Crippen molar-refractivity contribution in [3.8, 4) is 6.07 Å². The second kappa shape index (κ2) is 6.64. The van der Waals surface area contributed by atoms with E-state index in [-0.39, 0.29) is 12.2 Å². The molecule has 0 saturated carbocycles. The van der Waals surface area contributed by atoms with Crippen LogP contribution in [0, 0.1) is 11.3 Å². The van der Waals surface area contributed by atoms with Gasteiger partial charge in [0.2, 0.25) is 0 Å². The maximum absolute atomic E-state index is 11.2. The summed E-state index contributed by atoms with van der Waals surface area (Å²) >= 11 is 1.61. The number of nitrogens with one attached hydrogen (secondary N) is 1. The van der Waals surface area contributed by atoms with Gasteiger partial charge in [-0.1, -0.05) is 6.07 Å². The second-order valence-corrected chi connectivity index (χ2v) is 3.88. The minimum absolute atomic E-state index is 0.0154. The Morgan fingerprint density at radius 1 is 1.75 bits per heavy atom. The Bertz CT molecular complexity index is 404.